The highest BCUT2D eigenvalue weighted by Gasteiger charge is 2.26. The highest BCUT2D eigenvalue weighted by atomic mass is 32.2. The molecule has 0 radical (unpaired) electrons. The normalized spacial score (nSPS) is 16.8. The van der Waals surface area contributed by atoms with Gasteiger partial charge >= 0.3 is 0 Å². The lowest BCUT2D eigenvalue weighted by Gasteiger charge is -2.37. The molecular weight excluding hydrogens is 687 g/mol. The molecule has 2 aliphatic heterocycles. The van der Waals surface area contributed by atoms with Crippen LogP contribution in [0.25, 0.3) is 17.2 Å². The molecule has 0 bridgehead atoms. The van der Waals surface area contributed by atoms with Gasteiger partial charge in [0, 0.05) is 54.6 Å². The second kappa shape index (κ2) is 18.6. The van der Waals surface area contributed by atoms with Gasteiger partial charge in [0.2, 0.25) is 0 Å². The summed E-state index contributed by atoms with van der Waals surface area (Å²) in [6.45, 7) is 12.6. The topological polar surface area (TPSA) is 98.2 Å². The van der Waals surface area contributed by atoms with E-state index in [1.165, 1.54) is 0 Å². The zero-order chi connectivity index (χ0) is 37.2. The maximum Gasteiger partial charge on any atom is 0.251 e. The van der Waals surface area contributed by atoms with Gasteiger partial charge < -0.3 is 29.0 Å². The van der Waals surface area contributed by atoms with Gasteiger partial charge in [0.05, 0.1) is 60.1 Å². The number of ether oxygens (including phenoxy) is 3. The second-order valence-electron chi connectivity index (χ2n) is 13.7. The molecule has 0 saturated carbocycles. The molecule has 0 spiro atoms. The summed E-state index contributed by atoms with van der Waals surface area (Å²) in [6, 6.07) is 22.2. The number of aromatic nitrogens is 2. The SMILES string of the molecule is CCCCOCCOc1ccc(-c2ccc3c(c2)C=C(C(=O)Nc2ccc([S@](=O)Cc4c(C)ncn4CC)cc2)CCN3C[C@H]2COCCN2C)cc1. The first-order valence-corrected chi connectivity index (χ1v) is 20.1. The summed E-state index contributed by atoms with van der Waals surface area (Å²) >= 11 is 0. The van der Waals surface area contributed by atoms with Crippen molar-refractivity contribution in [1.29, 1.82) is 0 Å². The summed E-state index contributed by atoms with van der Waals surface area (Å²) in [5.74, 6) is 1.06. The summed E-state index contributed by atoms with van der Waals surface area (Å²) in [6.07, 6.45) is 6.60. The average molecular weight is 740 g/mol. The molecule has 3 heterocycles. The van der Waals surface area contributed by atoms with Gasteiger partial charge in [-0.05, 0) is 105 Å². The fourth-order valence-electron chi connectivity index (χ4n) is 6.71. The summed E-state index contributed by atoms with van der Waals surface area (Å²) in [4.78, 5) is 23.7. The molecule has 6 rings (SSSR count). The Morgan fingerprint density at radius 1 is 1.00 bits per heavy atom. The Labute approximate surface area is 316 Å². The van der Waals surface area contributed by atoms with Crippen LogP contribution in [0.2, 0.25) is 0 Å². The van der Waals surface area contributed by atoms with Crippen LogP contribution in [0.3, 0.4) is 0 Å². The molecule has 0 unspecified atom stereocenters. The monoisotopic (exact) mass is 739 g/mol. The number of amides is 1. The largest absolute Gasteiger partial charge is 0.491 e. The number of fused-ring (bicyclic) bond motifs is 1. The van der Waals surface area contributed by atoms with Crippen molar-refractivity contribution >= 4 is 34.2 Å². The van der Waals surface area contributed by atoms with Crippen LogP contribution in [0.15, 0.2) is 83.5 Å². The molecule has 4 aromatic rings. The van der Waals surface area contributed by atoms with Crippen LogP contribution in [0.5, 0.6) is 5.75 Å². The molecule has 3 aromatic carbocycles. The van der Waals surface area contributed by atoms with Gasteiger partial charge in [-0.2, -0.15) is 0 Å². The Bertz CT molecular complexity index is 1870. The van der Waals surface area contributed by atoms with E-state index in [-0.39, 0.29) is 11.9 Å². The number of aryl methyl sites for hydroxylation is 2. The van der Waals surface area contributed by atoms with Gasteiger partial charge in [-0.3, -0.25) is 13.9 Å². The van der Waals surface area contributed by atoms with E-state index in [4.69, 9.17) is 14.2 Å². The van der Waals surface area contributed by atoms with E-state index in [1.807, 2.05) is 54.0 Å². The van der Waals surface area contributed by atoms with Crippen molar-refractivity contribution in [3.8, 4) is 16.9 Å². The summed E-state index contributed by atoms with van der Waals surface area (Å²) in [5.41, 5.74) is 7.49. The molecule has 53 heavy (non-hydrogen) atoms. The summed E-state index contributed by atoms with van der Waals surface area (Å²) in [5, 5.41) is 3.11. The Balaban J connectivity index is 1.17. The molecule has 10 nitrogen and oxygen atoms in total. The molecule has 1 fully saturated rings. The smallest absolute Gasteiger partial charge is 0.251 e. The standard InChI is InChI=1S/C42H53N5O5S/c1-5-7-21-50-23-24-52-38-13-8-32(9-14-38)33-10-17-40-35(25-33)26-34(18-19-47(40)27-37-28-51-22-20-45(37)4)42(48)44-36-11-15-39(16-12-36)53(49)29-41-31(3)43-30-46(41)6-2/h8-17,25-26,30,37H,5-7,18-24,27-29H2,1-4H3,(H,44,48)/t37-,53+/m0/s1. The number of benzene rings is 3. The molecule has 2 atom stereocenters. The lowest BCUT2D eigenvalue weighted by molar-refractivity contribution is -0.112. The van der Waals surface area contributed by atoms with Crippen LogP contribution in [0.1, 0.15) is 50.1 Å². The van der Waals surface area contributed by atoms with E-state index in [0.29, 0.717) is 54.7 Å². The van der Waals surface area contributed by atoms with Crippen LogP contribution in [-0.4, -0.2) is 90.3 Å². The van der Waals surface area contributed by atoms with Crippen LogP contribution in [-0.2, 0) is 37.4 Å². The Kier molecular flexibility index (Phi) is 13.5. The van der Waals surface area contributed by atoms with E-state index in [2.05, 4.69) is 71.3 Å². The number of nitrogens with zero attached hydrogens (tertiary/aromatic N) is 4. The van der Waals surface area contributed by atoms with Gasteiger partial charge in [-0.25, -0.2) is 4.98 Å². The molecule has 1 amide bonds. The molecule has 11 heteroatoms. The van der Waals surface area contributed by atoms with E-state index in [0.717, 1.165) is 85.2 Å². The molecular formula is C42H53N5O5S. The molecule has 0 aliphatic carbocycles. The highest BCUT2D eigenvalue weighted by Crippen LogP contribution is 2.34. The number of carbonyl (C=O) groups is 1. The van der Waals surface area contributed by atoms with Crippen molar-refractivity contribution in [3.05, 3.63) is 95.6 Å². The van der Waals surface area contributed by atoms with Crippen molar-refractivity contribution in [2.75, 3.05) is 69.9 Å². The van der Waals surface area contributed by atoms with Gasteiger partial charge in [-0.15, -0.1) is 0 Å². The minimum absolute atomic E-state index is 0.141. The van der Waals surface area contributed by atoms with Crippen molar-refractivity contribution < 1.29 is 23.2 Å². The third-order valence-electron chi connectivity index (χ3n) is 10.1. The molecule has 282 valence electrons. The number of anilines is 2. The van der Waals surface area contributed by atoms with E-state index in [1.54, 1.807) is 6.33 Å². The Morgan fingerprint density at radius 2 is 1.79 bits per heavy atom. The molecule has 2 aliphatic rings. The fraction of sp³-hybridized carbons (Fsp3) is 0.429. The maximum atomic E-state index is 13.9. The number of carbonyl (C=O) groups excluding carboxylic acids is 1. The first kappa shape index (κ1) is 38.4. The minimum atomic E-state index is -1.24. The number of imidazole rings is 1. The number of likely N-dealkylation sites (N-methyl/N-ethyl adjacent to an activating group) is 1. The molecule has 1 saturated heterocycles. The van der Waals surface area contributed by atoms with Gasteiger partial charge in [0.1, 0.15) is 12.4 Å². The van der Waals surface area contributed by atoms with Crippen molar-refractivity contribution in [2.24, 2.45) is 0 Å². The van der Waals surface area contributed by atoms with Gasteiger partial charge in [0.15, 0.2) is 0 Å². The predicted octanol–water partition coefficient (Wildman–Crippen LogP) is 6.94. The second-order valence-corrected chi connectivity index (χ2v) is 15.2. The van der Waals surface area contributed by atoms with Crippen LogP contribution in [0, 0.1) is 6.92 Å². The van der Waals surface area contributed by atoms with Crippen molar-refractivity contribution in [1.82, 2.24) is 14.5 Å². The number of unbranched alkanes of at least 4 members (excludes halogenated alkanes) is 1. The fourth-order valence-corrected chi connectivity index (χ4v) is 7.94. The lowest BCUT2D eigenvalue weighted by atomic mass is 10.00. The number of hydrogen-bond donors (Lipinski definition) is 1. The van der Waals surface area contributed by atoms with Crippen molar-refractivity contribution in [3.63, 3.8) is 0 Å². The van der Waals surface area contributed by atoms with E-state index < -0.39 is 10.8 Å². The van der Waals surface area contributed by atoms with E-state index >= 15 is 0 Å². The summed E-state index contributed by atoms with van der Waals surface area (Å²) in [7, 11) is 0.918. The van der Waals surface area contributed by atoms with E-state index in [9.17, 15) is 9.00 Å². The average Bonchev–Trinajstić information content (AvgIpc) is 3.42. The first-order valence-electron chi connectivity index (χ1n) is 18.8. The van der Waals surface area contributed by atoms with Crippen LogP contribution < -0.4 is 15.0 Å². The Morgan fingerprint density at radius 3 is 2.55 bits per heavy atom. The summed E-state index contributed by atoms with van der Waals surface area (Å²) < 4.78 is 32.6. The lowest BCUT2D eigenvalue weighted by Crippen LogP contribution is -2.49. The third-order valence-corrected chi connectivity index (χ3v) is 11.4. The minimum Gasteiger partial charge on any atom is -0.491 e. The Hall–Kier alpha value is -4.29. The molecule has 1 N–H and O–H groups in total. The van der Waals surface area contributed by atoms with Crippen LogP contribution in [0.4, 0.5) is 11.4 Å². The quantitative estimate of drug-likeness (QED) is 0.124. The number of nitrogens with one attached hydrogen (secondary N) is 1. The number of morpholine rings is 1. The van der Waals surface area contributed by atoms with Crippen molar-refractivity contribution in [2.45, 2.75) is 63.3 Å². The zero-order valence-electron chi connectivity index (χ0n) is 31.5. The van der Waals surface area contributed by atoms with Crippen LogP contribution >= 0.6 is 0 Å². The number of rotatable bonds is 16. The van der Waals surface area contributed by atoms with Gasteiger partial charge in [-0.1, -0.05) is 31.5 Å². The highest BCUT2D eigenvalue weighted by molar-refractivity contribution is 7.84. The predicted molar refractivity (Wildman–Crippen MR) is 213 cm³/mol. The first-order chi connectivity index (χ1) is 25.8. The number of hydrogen-bond acceptors (Lipinski definition) is 8. The zero-order valence-corrected chi connectivity index (χ0v) is 32.3. The third kappa shape index (κ3) is 10.0. The molecule has 1 aromatic heterocycles. The van der Waals surface area contributed by atoms with Gasteiger partial charge in [0.25, 0.3) is 5.91 Å². The maximum absolute atomic E-state index is 13.9.